The van der Waals surface area contributed by atoms with Crippen molar-refractivity contribution in [2.75, 3.05) is 6.54 Å². The Balaban J connectivity index is 2.38. The second-order valence-electron chi connectivity index (χ2n) is 3.94. The van der Waals surface area contributed by atoms with Crippen LogP contribution >= 0.6 is 0 Å². The summed E-state index contributed by atoms with van der Waals surface area (Å²) in [7, 11) is 0. The number of benzene rings is 2. The number of hydrogen-bond acceptors (Lipinski definition) is 1. The molecule has 0 aliphatic rings. The molecular weight excluding hydrogens is 230 g/mol. The van der Waals surface area contributed by atoms with Crippen LogP contribution in [-0.4, -0.2) is 12.8 Å². The molecule has 0 aliphatic heterocycles. The predicted molar refractivity (Wildman–Crippen MR) is 81.1 cm³/mol. The SMILES string of the molecule is C#CCN=[C-]C=C(c1ccccc1)c1ccccc1. The van der Waals surface area contributed by atoms with E-state index < -0.39 is 0 Å². The number of terminal acetylenes is 1. The molecule has 0 fully saturated rings. The lowest BCUT2D eigenvalue weighted by molar-refractivity contribution is 1.31. The molecule has 0 atom stereocenters. The molecule has 0 radical (unpaired) electrons. The molecule has 0 saturated carbocycles. The summed E-state index contributed by atoms with van der Waals surface area (Å²) >= 11 is 0. The average Bonchev–Trinajstić information content (AvgIpc) is 2.49. The summed E-state index contributed by atoms with van der Waals surface area (Å²) in [6.07, 6.45) is 9.94. The third kappa shape index (κ3) is 3.69. The minimum atomic E-state index is 0.355. The molecule has 2 rings (SSSR count). The second kappa shape index (κ2) is 6.98. The quantitative estimate of drug-likeness (QED) is 0.442. The molecule has 0 N–H and O–H groups in total. The summed E-state index contributed by atoms with van der Waals surface area (Å²) in [6.45, 7) is 0.355. The third-order valence-electron chi connectivity index (χ3n) is 2.64. The van der Waals surface area contributed by atoms with Crippen molar-refractivity contribution in [3.8, 4) is 12.3 Å². The molecule has 0 heterocycles. The molecule has 0 amide bonds. The molecule has 19 heavy (non-hydrogen) atoms. The fraction of sp³-hybridized carbons (Fsp3) is 0.0556. The first-order valence-corrected chi connectivity index (χ1v) is 6.08. The molecule has 0 spiro atoms. The van der Waals surface area contributed by atoms with Crippen LogP contribution in [0.4, 0.5) is 0 Å². The van der Waals surface area contributed by atoms with Crippen molar-refractivity contribution in [3.05, 3.63) is 77.9 Å². The summed E-state index contributed by atoms with van der Waals surface area (Å²) in [5.74, 6) is 2.46. The van der Waals surface area contributed by atoms with E-state index in [2.05, 4.69) is 41.4 Å². The Bertz CT molecular complexity index is 560. The van der Waals surface area contributed by atoms with E-state index in [4.69, 9.17) is 6.42 Å². The van der Waals surface area contributed by atoms with Crippen LogP contribution in [0.25, 0.3) is 5.57 Å². The highest BCUT2D eigenvalue weighted by molar-refractivity contribution is 5.91. The molecule has 0 bridgehead atoms. The first-order chi connectivity index (χ1) is 9.42. The number of nitrogens with zero attached hydrogens (tertiary/aromatic N) is 1. The van der Waals surface area contributed by atoms with Crippen LogP contribution in [0, 0.1) is 12.3 Å². The molecule has 1 heteroatoms. The fourth-order valence-electron chi connectivity index (χ4n) is 1.77. The van der Waals surface area contributed by atoms with Crippen molar-refractivity contribution in [2.45, 2.75) is 0 Å². The molecule has 0 saturated heterocycles. The Kier molecular flexibility index (Phi) is 4.72. The lowest BCUT2D eigenvalue weighted by Gasteiger charge is -2.15. The largest absolute Gasteiger partial charge is 0.383 e. The van der Waals surface area contributed by atoms with Gasteiger partial charge in [0.25, 0.3) is 0 Å². The van der Waals surface area contributed by atoms with Gasteiger partial charge in [-0.2, -0.15) is 5.57 Å². The maximum atomic E-state index is 5.16. The van der Waals surface area contributed by atoms with Gasteiger partial charge < -0.3 is 4.99 Å². The molecule has 0 aromatic heterocycles. The lowest BCUT2D eigenvalue weighted by atomic mass is 9.98. The Morgan fingerprint density at radius 3 is 2.00 bits per heavy atom. The van der Waals surface area contributed by atoms with E-state index in [-0.39, 0.29) is 0 Å². The minimum Gasteiger partial charge on any atom is -0.383 e. The van der Waals surface area contributed by atoms with Crippen LogP contribution in [-0.2, 0) is 0 Å². The third-order valence-corrected chi connectivity index (χ3v) is 2.64. The van der Waals surface area contributed by atoms with Gasteiger partial charge in [0, 0.05) is 0 Å². The van der Waals surface area contributed by atoms with E-state index in [0.717, 1.165) is 16.7 Å². The zero-order valence-electron chi connectivity index (χ0n) is 10.6. The van der Waals surface area contributed by atoms with Gasteiger partial charge in [-0.15, -0.1) is 12.6 Å². The highest BCUT2D eigenvalue weighted by Crippen LogP contribution is 2.22. The molecule has 1 nitrogen and oxygen atoms in total. The fourth-order valence-corrected chi connectivity index (χ4v) is 1.77. The monoisotopic (exact) mass is 244 g/mol. The maximum absolute atomic E-state index is 5.16. The first-order valence-electron chi connectivity index (χ1n) is 6.08. The summed E-state index contributed by atoms with van der Waals surface area (Å²) in [4.78, 5) is 4.02. The van der Waals surface area contributed by atoms with Crippen molar-refractivity contribution < 1.29 is 0 Å². The molecule has 0 aliphatic carbocycles. The Hall–Kier alpha value is -2.59. The number of rotatable bonds is 4. The van der Waals surface area contributed by atoms with Gasteiger partial charge in [-0.25, -0.2) is 6.08 Å². The predicted octanol–water partition coefficient (Wildman–Crippen LogP) is 3.70. The van der Waals surface area contributed by atoms with Crippen LogP contribution in [0.2, 0.25) is 0 Å². The summed E-state index contributed by atoms with van der Waals surface area (Å²) in [5, 5.41) is 0. The minimum absolute atomic E-state index is 0.355. The Morgan fingerprint density at radius 2 is 1.53 bits per heavy atom. The van der Waals surface area contributed by atoms with Crippen molar-refractivity contribution in [3.63, 3.8) is 0 Å². The van der Waals surface area contributed by atoms with Gasteiger partial charge in [0.1, 0.15) is 0 Å². The normalized spacial score (nSPS) is 10.1. The van der Waals surface area contributed by atoms with Crippen molar-refractivity contribution >= 4 is 11.8 Å². The lowest BCUT2D eigenvalue weighted by Crippen LogP contribution is -1.88. The van der Waals surface area contributed by atoms with Crippen LogP contribution < -0.4 is 0 Å². The van der Waals surface area contributed by atoms with E-state index in [1.54, 1.807) is 0 Å². The van der Waals surface area contributed by atoms with Gasteiger partial charge in [-0.1, -0.05) is 77.7 Å². The van der Waals surface area contributed by atoms with Gasteiger partial charge in [-0.3, -0.25) is 0 Å². The highest BCUT2D eigenvalue weighted by Gasteiger charge is 1.94. The zero-order chi connectivity index (χ0) is 13.3. The summed E-state index contributed by atoms with van der Waals surface area (Å²) in [5.41, 5.74) is 3.36. The molecule has 2 aromatic carbocycles. The van der Waals surface area contributed by atoms with E-state index in [1.807, 2.05) is 42.5 Å². The number of hydrogen-bond donors (Lipinski definition) is 0. The van der Waals surface area contributed by atoms with Crippen LogP contribution in [0.15, 0.2) is 71.7 Å². The van der Waals surface area contributed by atoms with Gasteiger partial charge >= 0.3 is 0 Å². The average molecular weight is 244 g/mol. The number of aliphatic imine (C=N–C) groups is 1. The van der Waals surface area contributed by atoms with Crippen molar-refractivity contribution in [1.29, 1.82) is 0 Å². The topological polar surface area (TPSA) is 12.4 Å². The first kappa shape index (κ1) is 12.9. The van der Waals surface area contributed by atoms with Crippen molar-refractivity contribution in [2.24, 2.45) is 4.99 Å². The van der Waals surface area contributed by atoms with Crippen LogP contribution in [0.5, 0.6) is 0 Å². The Labute approximate surface area is 114 Å². The standard InChI is InChI=1S/C18H14N/c1-2-14-19-15-13-18(16-9-5-3-6-10-16)17-11-7-4-8-12-17/h1,3-13H,14H2/q-1. The number of allylic oxidation sites excluding steroid dienone is 1. The summed E-state index contributed by atoms with van der Waals surface area (Å²) in [6, 6.07) is 20.4. The molecular formula is C18H14N-. The van der Waals surface area contributed by atoms with Gasteiger partial charge in [0.15, 0.2) is 0 Å². The van der Waals surface area contributed by atoms with Crippen molar-refractivity contribution in [1.82, 2.24) is 0 Å². The van der Waals surface area contributed by atoms with Crippen LogP contribution in [0.3, 0.4) is 0 Å². The van der Waals surface area contributed by atoms with Gasteiger partial charge in [0.05, 0.1) is 6.54 Å². The van der Waals surface area contributed by atoms with Gasteiger partial charge in [0.2, 0.25) is 0 Å². The van der Waals surface area contributed by atoms with Crippen LogP contribution in [0.1, 0.15) is 11.1 Å². The van der Waals surface area contributed by atoms with E-state index in [9.17, 15) is 0 Å². The van der Waals surface area contributed by atoms with E-state index in [0.29, 0.717) is 6.54 Å². The smallest absolute Gasteiger partial charge is 0.0782 e. The van der Waals surface area contributed by atoms with Gasteiger partial charge in [-0.05, 0) is 0 Å². The highest BCUT2D eigenvalue weighted by atomic mass is 14.7. The molecule has 2 aromatic rings. The van der Waals surface area contributed by atoms with E-state index in [1.165, 1.54) is 0 Å². The maximum Gasteiger partial charge on any atom is 0.0782 e. The molecule has 0 unspecified atom stereocenters. The zero-order valence-corrected chi connectivity index (χ0v) is 10.6. The van der Waals surface area contributed by atoms with E-state index >= 15 is 0 Å². The summed E-state index contributed by atoms with van der Waals surface area (Å²) < 4.78 is 0. The molecule has 92 valence electrons. The second-order valence-corrected chi connectivity index (χ2v) is 3.94. The Morgan fingerprint density at radius 1 is 1.00 bits per heavy atom.